The van der Waals surface area contributed by atoms with Crippen molar-refractivity contribution in [2.24, 2.45) is 5.92 Å². The molecule has 0 aromatic heterocycles. The van der Waals surface area contributed by atoms with Crippen LogP contribution in [0.2, 0.25) is 0 Å². The lowest BCUT2D eigenvalue weighted by molar-refractivity contribution is -0.159. The smallest absolute Gasteiger partial charge is 0.162 e. The number of hydrogen-bond donors (Lipinski definition) is 0. The van der Waals surface area contributed by atoms with Gasteiger partial charge >= 0.3 is 0 Å². The maximum atomic E-state index is 13.2. The Morgan fingerprint density at radius 3 is 1.86 bits per heavy atom. The number of rotatable bonds is 3. The number of hydrogen-bond acceptors (Lipinski definition) is 2. The number of benzene rings is 3. The van der Waals surface area contributed by atoms with Gasteiger partial charge < -0.3 is 4.74 Å². The van der Waals surface area contributed by atoms with E-state index in [4.69, 9.17) is 4.74 Å². The molecule has 144 valence electrons. The van der Waals surface area contributed by atoms with E-state index >= 15 is 0 Å². The van der Waals surface area contributed by atoms with Crippen molar-refractivity contribution < 1.29 is 9.53 Å². The largest absolute Gasteiger partial charge is 0.357 e. The molecule has 0 amide bonds. The van der Waals surface area contributed by atoms with Crippen molar-refractivity contribution in [3.05, 3.63) is 108 Å². The Kier molecular flexibility index (Phi) is 3.36. The van der Waals surface area contributed by atoms with E-state index < -0.39 is 11.7 Å². The number of carbonyl (C=O) groups excluding carboxylic acids is 1. The zero-order chi connectivity index (χ0) is 19.7. The lowest BCUT2D eigenvalue weighted by Crippen LogP contribution is -2.46. The third kappa shape index (κ3) is 1.76. The molecule has 29 heavy (non-hydrogen) atoms. The summed E-state index contributed by atoms with van der Waals surface area (Å²) in [5.41, 5.74) is 2.67. The van der Waals surface area contributed by atoms with Crippen LogP contribution in [0.25, 0.3) is 0 Å². The molecule has 3 aliphatic rings. The number of carbonyl (C=O) groups is 1. The van der Waals surface area contributed by atoms with Gasteiger partial charge in [-0.15, -0.1) is 0 Å². The fourth-order valence-electron chi connectivity index (χ4n) is 7.11. The minimum Gasteiger partial charge on any atom is -0.357 e. The first-order chi connectivity index (χ1) is 14.2. The topological polar surface area (TPSA) is 26.3 Å². The molecule has 2 bridgehead atoms. The van der Waals surface area contributed by atoms with Crippen molar-refractivity contribution in [2.75, 3.05) is 0 Å². The molecule has 1 aliphatic carbocycles. The minimum atomic E-state index is -0.483. The van der Waals surface area contributed by atoms with E-state index in [1.807, 2.05) is 6.07 Å². The molecule has 5 atom stereocenters. The molecule has 0 spiro atoms. The molecule has 2 aliphatic heterocycles. The maximum Gasteiger partial charge on any atom is 0.162 e. The normalized spacial score (nSPS) is 37.2. The zero-order valence-electron chi connectivity index (χ0n) is 16.5. The first kappa shape index (κ1) is 17.2. The molecule has 2 saturated heterocycles. The molecule has 1 saturated carbocycles. The van der Waals surface area contributed by atoms with Crippen LogP contribution in [0.3, 0.4) is 0 Å². The van der Waals surface area contributed by atoms with Gasteiger partial charge in [0.15, 0.2) is 5.78 Å². The Labute approximate surface area is 171 Å². The second kappa shape index (κ2) is 5.67. The maximum absolute atomic E-state index is 13.2. The molecular weight excluding hydrogens is 356 g/mol. The number of ketones is 1. The van der Waals surface area contributed by atoms with Crippen LogP contribution in [0.5, 0.6) is 0 Å². The molecule has 6 rings (SSSR count). The Balaban J connectivity index is 1.71. The first-order valence-corrected chi connectivity index (χ1v) is 10.6. The molecule has 0 unspecified atom stereocenters. The highest BCUT2D eigenvalue weighted by Crippen LogP contribution is 2.85. The number of fused-ring (bicyclic) bond motifs is 5. The quantitative estimate of drug-likeness (QED) is 0.627. The van der Waals surface area contributed by atoms with Gasteiger partial charge in [0, 0.05) is 17.3 Å². The number of ether oxygens (including phenoxy) is 1. The Morgan fingerprint density at radius 1 is 0.759 bits per heavy atom. The summed E-state index contributed by atoms with van der Waals surface area (Å²) < 4.78 is 6.88. The van der Waals surface area contributed by atoms with E-state index in [2.05, 4.69) is 91.9 Å². The zero-order valence-corrected chi connectivity index (χ0v) is 16.5. The molecule has 2 heteroatoms. The second-order valence-corrected chi connectivity index (χ2v) is 8.79. The van der Waals surface area contributed by atoms with E-state index in [9.17, 15) is 4.79 Å². The monoisotopic (exact) mass is 380 g/mol. The van der Waals surface area contributed by atoms with Gasteiger partial charge in [-0.2, -0.15) is 0 Å². The van der Waals surface area contributed by atoms with Gasteiger partial charge in [-0.3, -0.25) is 4.79 Å². The lowest BCUT2D eigenvalue weighted by atomic mass is 9.68. The predicted octanol–water partition coefficient (Wildman–Crippen LogP) is 5.17. The van der Waals surface area contributed by atoms with Gasteiger partial charge in [-0.05, 0) is 29.0 Å². The van der Waals surface area contributed by atoms with Crippen LogP contribution < -0.4 is 0 Å². The Morgan fingerprint density at radius 2 is 1.28 bits per heavy atom. The van der Waals surface area contributed by atoms with Crippen LogP contribution in [-0.2, 0) is 26.0 Å². The lowest BCUT2D eigenvalue weighted by Gasteiger charge is -2.42. The Hall–Kier alpha value is -2.71. The van der Waals surface area contributed by atoms with Gasteiger partial charge in [0.25, 0.3) is 0 Å². The van der Waals surface area contributed by atoms with Gasteiger partial charge in [-0.1, -0.05) is 97.9 Å². The average molecular weight is 380 g/mol. The average Bonchev–Trinajstić information content (AvgIpc) is 3.28. The van der Waals surface area contributed by atoms with Crippen molar-refractivity contribution in [2.45, 2.75) is 42.3 Å². The fourth-order valence-corrected chi connectivity index (χ4v) is 7.11. The first-order valence-electron chi connectivity index (χ1n) is 10.6. The third-order valence-electron chi connectivity index (χ3n) is 8.01. The van der Waals surface area contributed by atoms with E-state index in [-0.39, 0.29) is 16.6 Å². The summed E-state index contributed by atoms with van der Waals surface area (Å²) in [5, 5.41) is 0. The molecule has 3 aromatic rings. The second-order valence-electron chi connectivity index (χ2n) is 8.79. The minimum absolute atomic E-state index is 0.249. The summed E-state index contributed by atoms with van der Waals surface area (Å²) >= 11 is 0. The van der Waals surface area contributed by atoms with Crippen molar-refractivity contribution in [3.63, 3.8) is 0 Å². The van der Waals surface area contributed by atoms with Crippen LogP contribution in [-0.4, -0.2) is 11.9 Å². The van der Waals surface area contributed by atoms with E-state index in [1.165, 1.54) is 16.7 Å². The van der Waals surface area contributed by atoms with E-state index in [0.717, 1.165) is 6.42 Å². The molecule has 3 fully saturated rings. The van der Waals surface area contributed by atoms with Gasteiger partial charge in [0.05, 0.1) is 0 Å². The van der Waals surface area contributed by atoms with E-state index in [0.29, 0.717) is 12.3 Å². The molecule has 2 heterocycles. The molecule has 0 radical (unpaired) electrons. The van der Waals surface area contributed by atoms with Crippen molar-refractivity contribution in [3.8, 4) is 0 Å². The summed E-state index contributed by atoms with van der Waals surface area (Å²) in [6.45, 7) is 2.33. The van der Waals surface area contributed by atoms with Crippen LogP contribution in [0.4, 0.5) is 0 Å². The third-order valence-corrected chi connectivity index (χ3v) is 8.01. The summed E-state index contributed by atoms with van der Waals surface area (Å²) in [6, 6.07) is 32.0. The Bertz CT molecular complexity index is 1080. The highest BCUT2D eigenvalue weighted by Gasteiger charge is 2.92. The standard InChI is InChI=1S/C27H24O2/c1-19-26(21-13-7-3-8-14-21)24-23(28)17-18-25(29-24,20-11-5-2-6-12-20)27(19,26)22-15-9-4-10-16-22/h2-16,19,24H,17-18H2,1H3/t19-,24+,25+,26-,27+/m1/s1. The molecule has 2 nitrogen and oxygen atoms in total. The van der Waals surface area contributed by atoms with Crippen molar-refractivity contribution >= 4 is 5.78 Å². The van der Waals surface area contributed by atoms with Gasteiger partial charge in [0.2, 0.25) is 0 Å². The van der Waals surface area contributed by atoms with Gasteiger partial charge in [-0.25, -0.2) is 0 Å². The van der Waals surface area contributed by atoms with Crippen molar-refractivity contribution in [1.29, 1.82) is 0 Å². The molecule has 0 N–H and O–H groups in total. The predicted molar refractivity (Wildman–Crippen MR) is 113 cm³/mol. The van der Waals surface area contributed by atoms with Crippen LogP contribution in [0.1, 0.15) is 36.5 Å². The van der Waals surface area contributed by atoms with E-state index in [1.54, 1.807) is 0 Å². The van der Waals surface area contributed by atoms with Crippen LogP contribution >= 0.6 is 0 Å². The van der Waals surface area contributed by atoms with Crippen LogP contribution in [0, 0.1) is 5.92 Å². The van der Waals surface area contributed by atoms with Gasteiger partial charge in [0.1, 0.15) is 11.7 Å². The summed E-state index contributed by atoms with van der Waals surface area (Å²) in [4.78, 5) is 13.2. The fraction of sp³-hybridized carbons (Fsp3) is 0.296. The van der Waals surface area contributed by atoms with Crippen LogP contribution in [0.15, 0.2) is 91.0 Å². The number of Topliss-reactive ketones (excluding diaryl/α,β-unsaturated/α-hetero) is 1. The molecule has 3 aromatic carbocycles. The summed E-state index contributed by atoms with van der Waals surface area (Å²) in [5.74, 6) is 0.561. The highest BCUT2D eigenvalue weighted by molar-refractivity contribution is 5.90. The highest BCUT2D eigenvalue weighted by atomic mass is 16.5. The SMILES string of the molecule is C[C@@H]1[C@@]2(c3ccccc3)[C@H]3O[C@](c4ccccc4)(CCC3=O)[C@@]12c1ccccc1. The van der Waals surface area contributed by atoms with Crippen molar-refractivity contribution in [1.82, 2.24) is 0 Å². The summed E-state index contributed by atoms with van der Waals surface area (Å²) in [6.07, 6.45) is 0.921. The molecular formula is C27H24O2. The summed E-state index contributed by atoms with van der Waals surface area (Å²) in [7, 11) is 0.